The third-order valence-electron chi connectivity index (χ3n) is 6.85. The van der Waals surface area contributed by atoms with E-state index in [9.17, 15) is 0 Å². The maximum absolute atomic E-state index is 3.98. The van der Waals surface area contributed by atoms with Gasteiger partial charge < -0.3 is 10.2 Å². The van der Waals surface area contributed by atoms with Gasteiger partial charge in [0.05, 0.1) is 0 Å². The van der Waals surface area contributed by atoms with Gasteiger partial charge in [-0.25, -0.2) is 0 Å². The van der Waals surface area contributed by atoms with Crippen molar-refractivity contribution in [2.75, 3.05) is 26.2 Å². The fraction of sp³-hybridized carbons (Fsp3) is 1.00. The molecule has 3 rings (SSSR count). The van der Waals surface area contributed by atoms with Crippen LogP contribution in [0, 0.1) is 17.8 Å². The zero-order valence-corrected chi connectivity index (χ0v) is 15.6. The van der Waals surface area contributed by atoms with Crippen LogP contribution < -0.4 is 5.32 Å². The first-order valence-electron chi connectivity index (χ1n) is 10.8. The summed E-state index contributed by atoms with van der Waals surface area (Å²) in [5.74, 6) is 2.90. The molecule has 2 nitrogen and oxygen atoms in total. The highest BCUT2D eigenvalue weighted by Gasteiger charge is 2.28. The van der Waals surface area contributed by atoms with E-state index in [-0.39, 0.29) is 0 Å². The minimum atomic E-state index is 0.763. The van der Waals surface area contributed by atoms with Crippen LogP contribution in [0.5, 0.6) is 0 Å². The molecule has 2 aliphatic carbocycles. The molecule has 0 spiro atoms. The first-order valence-corrected chi connectivity index (χ1v) is 10.8. The van der Waals surface area contributed by atoms with E-state index in [1.54, 1.807) is 0 Å². The molecule has 1 saturated heterocycles. The monoisotopic (exact) mass is 320 g/mol. The molecule has 0 radical (unpaired) electrons. The van der Waals surface area contributed by atoms with Crippen molar-refractivity contribution < 1.29 is 0 Å². The Bertz CT molecular complexity index is 318. The molecule has 2 saturated carbocycles. The van der Waals surface area contributed by atoms with E-state index in [2.05, 4.69) is 17.1 Å². The van der Waals surface area contributed by atoms with Gasteiger partial charge in [-0.1, -0.05) is 51.9 Å². The Balaban J connectivity index is 1.44. The molecule has 2 unspecified atom stereocenters. The Morgan fingerprint density at radius 3 is 2.09 bits per heavy atom. The summed E-state index contributed by atoms with van der Waals surface area (Å²) in [6.07, 6.45) is 17.6. The number of piperidine rings is 1. The van der Waals surface area contributed by atoms with Crippen LogP contribution >= 0.6 is 0 Å². The molecule has 0 bridgehead atoms. The number of nitrogens with one attached hydrogen (secondary N) is 1. The van der Waals surface area contributed by atoms with E-state index < -0.39 is 0 Å². The molecule has 2 atom stereocenters. The highest BCUT2D eigenvalue weighted by Crippen LogP contribution is 2.28. The largest absolute Gasteiger partial charge is 0.312 e. The minimum Gasteiger partial charge on any atom is -0.312 e. The van der Waals surface area contributed by atoms with Gasteiger partial charge in [0.1, 0.15) is 0 Å². The van der Waals surface area contributed by atoms with Crippen LogP contribution in [0.15, 0.2) is 0 Å². The second kappa shape index (κ2) is 9.42. The summed E-state index contributed by atoms with van der Waals surface area (Å²) in [6, 6.07) is 0.763. The minimum absolute atomic E-state index is 0.763. The van der Waals surface area contributed by atoms with Gasteiger partial charge in [0, 0.05) is 25.7 Å². The lowest BCUT2D eigenvalue weighted by Gasteiger charge is -2.40. The van der Waals surface area contributed by atoms with E-state index in [1.165, 1.54) is 103 Å². The first-order chi connectivity index (χ1) is 11.3. The topological polar surface area (TPSA) is 15.3 Å². The lowest BCUT2D eigenvalue weighted by molar-refractivity contribution is 0.108. The Labute approximate surface area is 144 Å². The first kappa shape index (κ1) is 17.7. The third kappa shape index (κ3) is 5.74. The second-order valence-electron chi connectivity index (χ2n) is 8.84. The summed E-state index contributed by atoms with van der Waals surface area (Å²) < 4.78 is 0. The van der Waals surface area contributed by atoms with E-state index in [1.807, 2.05) is 0 Å². The van der Waals surface area contributed by atoms with E-state index in [0.717, 1.165) is 23.8 Å². The van der Waals surface area contributed by atoms with Crippen molar-refractivity contribution in [2.45, 2.75) is 90.0 Å². The van der Waals surface area contributed by atoms with Crippen molar-refractivity contribution in [3.8, 4) is 0 Å². The molecule has 2 heteroatoms. The van der Waals surface area contributed by atoms with Gasteiger partial charge in [-0.15, -0.1) is 0 Å². The van der Waals surface area contributed by atoms with Gasteiger partial charge >= 0.3 is 0 Å². The average molecular weight is 321 g/mol. The van der Waals surface area contributed by atoms with Crippen molar-refractivity contribution in [3.05, 3.63) is 0 Å². The Morgan fingerprint density at radius 2 is 1.43 bits per heavy atom. The van der Waals surface area contributed by atoms with Crippen molar-refractivity contribution >= 4 is 0 Å². The quantitative estimate of drug-likeness (QED) is 0.753. The lowest BCUT2D eigenvalue weighted by Crippen LogP contribution is -2.51. The molecule has 1 aliphatic heterocycles. The summed E-state index contributed by atoms with van der Waals surface area (Å²) in [7, 11) is 0. The Morgan fingerprint density at radius 1 is 0.783 bits per heavy atom. The third-order valence-corrected chi connectivity index (χ3v) is 6.85. The Kier molecular flexibility index (Phi) is 7.26. The predicted octanol–water partition coefficient (Wildman–Crippen LogP) is 4.84. The molecular weight excluding hydrogens is 280 g/mol. The highest BCUT2D eigenvalue weighted by molar-refractivity contribution is 4.85. The number of hydrogen-bond donors (Lipinski definition) is 1. The van der Waals surface area contributed by atoms with Crippen molar-refractivity contribution in [3.63, 3.8) is 0 Å². The summed E-state index contributed by atoms with van der Waals surface area (Å²) >= 11 is 0. The van der Waals surface area contributed by atoms with Gasteiger partial charge in [-0.2, -0.15) is 0 Å². The molecule has 3 fully saturated rings. The van der Waals surface area contributed by atoms with Crippen molar-refractivity contribution in [1.82, 2.24) is 10.2 Å². The second-order valence-corrected chi connectivity index (χ2v) is 8.84. The Hall–Kier alpha value is -0.0800. The van der Waals surface area contributed by atoms with Crippen LogP contribution in [0.4, 0.5) is 0 Å². The van der Waals surface area contributed by atoms with Gasteiger partial charge in [0.15, 0.2) is 0 Å². The molecule has 134 valence electrons. The molecule has 1 N–H and O–H groups in total. The number of likely N-dealkylation sites (tertiary alicyclic amines) is 1. The van der Waals surface area contributed by atoms with Crippen molar-refractivity contribution in [1.29, 1.82) is 0 Å². The lowest BCUT2D eigenvalue weighted by atomic mass is 9.86. The zero-order valence-electron chi connectivity index (χ0n) is 15.6. The number of hydrogen-bond acceptors (Lipinski definition) is 2. The summed E-state index contributed by atoms with van der Waals surface area (Å²) in [5, 5.41) is 3.98. The van der Waals surface area contributed by atoms with Crippen LogP contribution in [-0.4, -0.2) is 37.1 Å². The smallest absolute Gasteiger partial charge is 0.0198 e. The molecule has 0 amide bonds. The van der Waals surface area contributed by atoms with Crippen LogP contribution in [0.1, 0.15) is 84.0 Å². The van der Waals surface area contributed by atoms with E-state index in [4.69, 9.17) is 0 Å². The molecule has 0 aromatic rings. The molecular formula is C21H40N2. The van der Waals surface area contributed by atoms with Crippen molar-refractivity contribution in [2.24, 2.45) is 17.8 Å². The van der Waals surface area contributed by atoms with Crippen LogP contribution in [0.2, 0.25) is 0 Å². The van der Waals surface area contributed by atoms with E-state index in [0.29, 0.717) is 0 Å². The predicted molar refractivity (Wildman–Crippen MR) is 99.8 cm³/mol. The summed E-state index contributed by atoms with van der Waals surface area (Å²) in [5.41, 5.74) is 0. The standard InChI is InChI=1S/C21H40N2/c1-2-18-13-21(22-14-19-9-5-3-6-10-19)17-23(15-18)16-20-11-7-4-8-12-20/h18-22H,2-17H2,1H3. The normalized spacial score (nSPS) is 32.2. The maximum Gasteiger partial charge on any atom is 0.0198 e. The molecule has 3 aliphatic rings. The summed E-state index contributed by atoms with van der Waals surface area (Å²) in [4.78, 5) is 2.83. The van der Waals surface area contributed by atoms with Crippen LogP contribution in [0.3, 0.4) is 0 Å². The number of rotatable bonds is 6. The fourth-order valence-electron chi connectivity index (χ4n) is 5.35. The number of nitrogens with zero attached hydrogens (tertiary/aromatic N) is 1. The molecule has 23 heavy (non-hydrogen) atoms. The van der Waals surface area contributed by atoms with Gasteiger partial charge in [0.25, 0.3) is 0 Å². The molecule has 0 aromatic heterocycles. The SMILES string of the molecule is CCC1CC(NCC2CCCCC2)CN(CC2CCCCC2)C1. The molecule has 0 aromatic carbocycles. The zero-order chi connectivity index (χ0) is 15.9. The van der Waals surface area contributed by atoms with Gasteiger partial charge in [0.2, 0.25) is 0 Å². The van der Waals surface area contributed by atoms with E-state index >= 15 is 0 Å². The van der Waals surface area contributed by atoms with Crippen LogP contribution in [0.25, 0.3) is 0 Å². The summed E-state index contributed by atoms with van der Waals surface area (Å²) in [6.45, 7) is 7.76. The maximum atomic E-state index is 3.98. The average Bonchev–Trinajstić information content (AvgIpc) is 2.61. The fourth-order valence-corrected chi connectivity index (χ4v) is 5.35. The highest BCUT2D eigenvalue weighted by atomic mass is 15.2. The van der Waals surface area contributed by atoms with Crippen LogP contribution in [-0.2, 0) is 0 Å². The van der Waals surface area contributed by atoms with Gasteiger partial charge in [-0.05, 0) is 56.4 Å². The molecule has 1 heterocycles. The van der Waals surface area contributed by atoms with Gasteiger partial charge in [-0.3, -0.25) is 0 Å².